The van der Waals surface area contributed by atoms with Crippen molar-refractivity contribution in [1.29, 1.82) is 0 Å². The molecule has 0 unspecified atom stereocenters. The number of benzene rings is 2. The highest BCUT2D eigenvalue weighted by Gasteiger charge is 2.11. The van der Waals surface area contributed by atoms with Crippen LogP contribution in [0.4, 0.5) is 0 Å². The Balaban J connectivity index is 1.76. The largest absolute Gasteiger partial charge is 0.497 e. The van der Waals surface area contributed by atoms with Crippen molar-refractivity contribution in [2.45, 2.75) is 13.2 Å². The van der Waals surface area contributed by atoms with E-state index in [9.17, 15) is 14.4 Å². The highest BCUT2D eigenvalue weighted by molar-refractivity contribution is 5.79. The summed E-state index contributed by atoms with van der Waals surface area (Å²) in [6.45, 7) is -0.203. The summed E-state index contributed by atoms with van der Waals surface area (Å²) in [6, 6.07) is 13.7. The Morgan fingerprint density at radius 2 is 1.80 bits per heavy atom. The van der Waals surface area contributed by atoms with Crippen LogP contribution in [0.15, 0.2) is 58.1 Å². The molecule has 2 aromatic carbocycles. The standard InChI is InChI=1S/C18H16N2O5/c1-24-13-8-6-12(7-9-13)11-25-16(21)10-20-15-5-3-2-4-14(15)17(22)19-18(20)23/h2-9H,10-11H2,1H3,(H,19,22,23). The lowest BCUT2D eigenvalue weighted by Gasteiger charge is -2.10. The van der Waals surface area contributed by atoms with Crippen molar-refractivity contribution in [1.82, 2.24) is 9.55 Å². The number of aromatic nitrogens is 2. The van der Waals surface area contributed by atoms with Crippen molar-refractivity contribution in [3.05, 3.63) is 74.9 Å². The van der Waals surface area contributed by atoms with Gasteiger partial charge in [-0.1, -0.05) is 24.3 Å². The van der Waals surface area contributed by atoms with Crippen LogP contribution in [-0.4, -0.2) is 22.6 Å². The number of fused-ring (bicyclic) bond motifs is 1. The van der Waals surface area contributed by atoms with Crippen molar-refractivity contribution in [3.8, 4) is 5.75 Å². The average molecular weight is 340 g/mol. The van der Waals surface area contributed by atoms with E-state index in [1.807, 2.05) is 0 Å². The third kappa shape index (κ3) is 3.60. The number of carbonyl (C=O) groups excluding carboxylic acids is 1. The molecular formula is C18H16N2O5. The summed E-state index contributed by atoms with van der Waals surface area (Å²) in [4.78, 5) is 38.1. The maximum absolute atomic E-state index is 12.1. The van der Waals surface area contributed by atoms with Gasteiger partial charge in [-0.15, -0.1) is 0 Å². The minimum atomic E-state index is -0.648. The maximum Gasteiger partial charge on any atom is 0.329 e. The molecular weight excluding hydrogens is 324 g/mol. The molecule has 0 aliphatic carbocycles. The van der Waals surface area contributed by atoms with Crippen LogP contribution in [0.3, 0.4) is 0 Å². The molecule has 0 saturated heterocycles. The fourth-order valence-electron chi connectivity index (χ4n) is 2.46. The molecule has 0 atom stereocenters. The number of aromatic amines is 1. The fraction of sp³-hybridized carbons (Fsp3) is 0.167. The minimum absolute atomic E-state index is 0.0822. The SMILES string of the molecule is COc1ccc(COC(=O)Cn2c(=O)[nH]c(=O)c3ccccc32)cc1. The molecule has 0 spiro atoms. The van der Waals surface area contributed by atoms with Crippen LogP contribution < -0.4 is 16.0 Å². The van der Waals surface area contributed by atoms with Crippen LogP contribution >= 0.6 is 0 Å². The van der Waals surface area contributed by atoms with Crippen LogP contribution in [0.5, 0.6) is 5.75 Å². The number of carbonyl (C=O) groups is 1. The van der Waals surface area contributed by atoms with Crippen LogP contribution in [-0.2, 0) is 22.7 Å². The van der Waals surface area contributed by atoms with Crippen LogP contribution in [0.1, 0.15) is 5.56 Å². The first kappa shape index (κ1) is 16.5. The first-order chi connectivity index (χ1) is 12.1. The van der Waals surface area contributed by atoms with Gasteiger partial charge in [0.2, 0.25) is 0 Å². The zero-order valence-corrected chi connectivity index (χ0v) is 13.5. The smallest absolute Gasteiger partial charge is 0.329 e. The van der Waals surface area contributed by atoms with Crippen LogP contribution in [0.2, 0.25) is 0 Å². The molecule has 1 aromatic heterocycles. The second-order valence-corrected chi connectivity index (χ2v) is 5.37. The summed E-state index contributed by atoms with van der Waals surface area (Å²) in [5, 5.41) is 0.338. The summed E-state index contributed by atoms with van der Waals surface area (Å²) in [6.07, 6.45) is 0. The summed E-state index contributed by atoms with van der Waals surface area (Å²) in [7, 11) is 1.57. The first-order valence-corrected chi connectivity index (χ1v) is 7.59. The number of H-pyrrole nitrogens is 1. The number of ether oxygens (including phenoxy) is 2. The molecule has 0 fully saturated rings. The number of hydrogen-bond donors (Lipinski definition) is 1. The monoisotopic (exact) mass is 340 g/mol. The Bertz CT molecular complexity index is 1020. The second kappa shape index (κ2) is 7.04. The van der Waals surface area contributed by atoms with E-state index in [2.05, 4.69) is 4.98 Å². The number of methoxy groups -OCH3 is 1. The van der Waals surface area contributed by atoms with Gasteiger partial charge in [-0.05, 0) is 29.8 Å². The topological polar surface area (TPSA) is 90.4 Å². The highest BCUT2D eigenvalue weighted by Crippen LogP contribution is 2.12. The number of esters is 1. The van der Waals surface area contributed by atoms with E-state index in [0.29, 0.717) is 16.7 Å². The molecule has 3 aromatic rings. The molecule has 0 radical (unpaired) electrons. The zero-order chi connectivity index (χ0) is 17.8. The van der Waals surface area contributed by atoms with E-state index < -0.39 is 17.2 Å². The van der Waals surface area contributed by atoms with Crippen molar-refractivity contribution in [3.63, 3.8) is 0 Å². The van der Waals surface area contributed by atoms with Gasteiger partial charge in [0.05, 0.1) is 18.0 Å². The van der Waals surface area contributed by atoms with E-state index in [1.165, 1.54) is 4.57 Å². The van der Waals surface area contributed by atoms with Crippen molar-refractivity contribution < 1.29 is 14.3 Å². The molecule has 128 valence electrons. The molecule has 0 aliphatic heterocycles. The van der Waals surface area contributed by atoms with Gasteiger partial charge in [-0.25, -0.2) is 4.79 Å². The zero-order valence-electron chi connectivity index (χ0n) is 13.5. The molecule has 0 aliphatic rings. The number of nitrogens with one attached hydrogen (secondary N) is 1. The van der Waals surface area contributed by atoms with Gasteiger partial charge < -0.3 is 9.47 Å². The Kier molecular flexibility index (Phi) is 4.65. The molecule has 0 saturated carbocycles. The Morgan fingerprint density at radius 3 is 2.52 bits per heavy atom. The Hall–Kier alpha value is -3.35. The van der Waals surface area contributed by atoms with Gasteiger partial charge in [-0.3, -0.25) is 19.1 Å². The van der Waals surface area contributed by atoms with Crippen molar-refractivity contribution in [2.24, 2.45) is 0 Å². The van der Waals surface area contributed by atoms with Crippen molar-refractivity contribution in [2.75, 3.05) is 7.11 Å². The molecule has 1 N–H and O–H groups in total. The number of nitrogens with zero attached hydrogens (tertiary/aromatic N) is 1. The quantitative estimate of drug-likeness (QED) is 0.710. The van der Waals surface area contributed by atoms with E-state index in [1.54, 1.807) is 55.6 Å². The highest BCUT2D eigenvalue weighted by atomic mass is 16.5. The molecule has 1 heterocycles. The fourth-order valence-corrected chi connectivity index (χ4v) is 2.46. The van der Waals surface area contributed by atoms with Gasteiger partial charge in [0, 0.05) is 0 Å². The molecule has 7 heteroatoms. The van der Waals surface area contributed by atoms with Gasteiger partial charge in [0.1, 0.15) is 18.9 Å². The van der Waals surface area contributed by atoms with Gasteiger partial charge >= 0.3 is 11.7 Å². The summed E-state index contributed by atoms with van der Waals surface area (Å²) in [5.41, 5.74) is 0.0546. The predicted molar refractivity (Wildman–Crippen MR) is 91.6 cm³/mol. The minimum Gasteiger partial charge on any atom is -0.497 e. The lowest BCUT2D eigenvalue weighted by Crippen LogP contribution is -2.32. The van der Waals surface area contributed by atoms with E-state index in [-0.39, 0.29) is 13.2 Å². The lowest BCUT2D eigenvalue weighted by molar-refractivity contribution is -0.145. The third-order valence-electron chi connectivity index (χ3n) is 3.75. The predicted octanol–water partition coefficient (Wildman–Crippen LogP) is 1.44. The van der Waals surface area contributed by atoms with E-state index >= 15 is 0 Å². The second-order valence-electron chi connectivity index (χ2n) is 5.37. The van der Waals surface area contributed by atoms with Gasteiger partial charge in [0.15, 0.2) is 0 Å². The van der Waals surface area contributed by atoms with E-state index in [0.717, 1.165) is 5.56 Å². The van der Waals surface area contributed by atoms with Gasteiger partial charge in [-0.2, -0.15) is 0 Å². The number of para-hydroxylation sites is 1. The molecule has 3 rings (SSSR count). The molecule has 0 bridgehead atoms. The molecule has 25 heavy (non-hydrogen) atoms. The molecule has 7 nitrogen and oxygen atoms in total. The van der Waals surface area contributed by atoms with Gasteiger partial charge in [0.25, 0.3) is 5.56 Å². The Morgan fingerprint density at radius 1 is 1.08 bits per heavy atom. The van der Waals surface area contributed by atoms with Crippen LogP contribution in [0.25, 0.3) is 10.9 Å². The normalized spacial score (nSPS) is 10.6. The summed E-state index contributed by atoms with van der Waals surface area (Å²) >= 11 is 0. The lowest BCUT2D eigenvalue weighted by atomic mass is 10.2. The third-order valence-corrected chi connectivity index (χ3v) is 3.75. The Labute approximate surface area is 142 Å². The van der Waals surface area contributed by atoms with E-state index in [4.69, 9.17) is 9.47 Å². The average Bonchev–Trinajstić information content (AvgIpc) is 2.64. The maximum atomic E-state index is 12.1. The first-order valence-electron chi connectivity index (χ1n) is 7.59. The summed E-state index contributed by atoms with van der Waals surface area (Å²) in [5.74, 6) is 0.136. The summed E-state index contributed by atoms with van der Waals surface area (Å²) < 4.78 is 11.5. The van der Waals surface area contributed by atoms with Crippen LogP contribution in [0, 0.1) is 0 Å². The number of rotatable bonds is 5. The molecule has 0 amide bonds. The number of hydrogen-bond acceptors (Lipinski definition) is 5. The van der Waals surface area contributed by atoms with Crippen molar-refractivity contribution >= 4 is 16.9 Å².